The van der Waals surface area contributed by atoms with Crippen molar-refractivity contribution in [2.75, 3.05) is 13.6 Å². The molecule has 92 valence electrons. The Hall–Kier alpha value is -1.44. The van der Waals surface area contributed by atoms with E-state index in [-0.39, 0.29) is 6.10 Å². The van der Waals surface area contributed by atoms with Gasteiger partial charge in [-0.15, -0.1) is 0 Å². The fourth-order valence-electron chi connectivity index (χ4n) is 1.57. The Morgan fingerprint density at radius 2 is 2.24 bits per heavy atom. The van der Waals surface area contributed by atoms with Crippen molar-refractivity contribution in [1.29, 1.82) is 5.26 Å². The third-order valence-corrected chi connectivity index (χ3v) is 2.56. The lowest BCUT2D eigenvalue weighted by atomic mass is 10.1. The Kier molecular flexibility index (Phi) is 5.08. The SMILES string of the molecule is CC(O)CCN(C)Cc1ccc(F)cc1C#N. The lowest BCUT2D eigenvalue weighted by Crippen LogP contribution is -2.22. The molecule has 0 aliphatic rings. The van der Waals surface area contributed by atoms with E-state index in [1.54, 1.807) is 13.0 Å². The third-order valence-electron chi connectivity index (χ3n) is 2.56. The highest BCUT2D eigenvalue weighted by Gasteiger charge is 2.07. The standard InChI is InChI=1S/C13H17FN2O/c1-10(17)5-6-16(2)9-11-3-4-13(14)7-12(11)8-15/h3-4,7,10,17H,5-6,9H2,1-2H3. The van der Waals surface area contributed by atoms with Crippen LogP contribution in [0.1, 0.15) is 24.5 Å². The number of rotatable bonds is 5. The highest BCUT2D eigenvalue weighted by Crippen LogP contribution is 2.12. The van der Waals surface area contributed by atoms with Crippen LogP contribution in [-0.2, 0) is 6.54 Å². The van der Waals surface area contributed by atoms with Crippen molar-refractivity contribution in [3.63, 3.8) is 0 Å². The molecule has 3 nitrogen and oxygen atoms in total. The normalized spacial score (nSPS) is 12.5. The number of halogens is 1. The van der Waals surface area contributed by atoms with Crippen LogP contribution in [0.25, 0.3) is 0 Å². The molecule has 1 aromatic rings. The number of nitriles is 1. The molecule has 0 spiro atoms. The molecule has 1 rings (SSSR count). The summed E-state index contributed by atoms with van der Waals surface area (Å²) in [6.45, 7) is 3.06. The maximum Gasteiger partial charge on any atom is 0.124 e. The molecule has 0 aliphatic carbocycles. The first-order chi connectivity index (χ1) is 8.02. The topological polar surface area (TPSA) is 47.3 Å². The fourth-order valence-corrected chi connectivity index (χ4v) is 1.57. The minimum absolute atomic E-state index is 0.332. The van der Waals surface area contributed by atoms with Crippen molar-refractivity contribution in [2.45, 2.75) is 26.0 Å². The van der Waals surface area contributed by atoms with Crippen molar-refractivity contribution in [2.24, 2.45) is 0 Å². The van der Waals surface area contributed by atoms with Gasteiger partial charge in [-0.2, -0.15) is 5.26 Å². The van der Waals surface area contributed by atoms with Crippen LogP contribution in [0.5, 0.6) is 0 Å². The summed E-state index contributed by atoms with van der Waals surface area (Å²) in [6.07, 6.45) is 0.348. The van der Waals surface area contributed by atoms with Crippen molar-refractivity contribution >= 4 is 0 Å². The Morgan fingerprint density at radius 1 is 1.53 bits per heavy atom. The Morgan fingerprint density at radius 3 is 2.82 bits per heavy atom. The van der Waals surface area contributed by atoms with Gasteiger partial charge in [0, 0.05) is 13.1 Å². The van der Waals surface area contributed by atoms with E-state index in [2.05, 4.69) is 0 Å². The van der Waals surface area contributed by atoms with Crippen molar-refractivity contribution in [3.05, 3.63) is 35.1 Å². The van der Waals surface area contributed by atoms with Crippen LogP contribution in [0.2, 0.25) is 0 Å². The van der Waals surface area contributed by atoms with E-state index in [1.807, 2.05) is 18.0 Å². The van der Waals surface area contributed by atoms with E-state index in [9.17, 15) is 9.50 Å². The van der Waals surface area contributed by atoms with Gasteiger partial charge in [0.05, 0.1) is 17.7 Å². The number of aliphatic hydroxyl groups excluding tert-OH is 1. The number of aliphatic hydroxyl groups is 1. The molecule has 0 bridgehead atoms. The Bertz CT molecular complexity index is 412. The average molecular weight is 236 g/mol. The minimum Gasteiger partial charge on any atom is -0.393 e. The second kappa shape index (κ2) is 6.33. The fraction of sp³-hybridized carbons (Fsp3) is 0.462. The van der Waals surface area contributed by atoms with Crippen LogP contribution in [0.4, 0.5) is 4.39 Å². The van der Waals surface area contributed by atoms with Crippen LogP contribution in [0, 0.1) is 17.1 Å². The van der Waals surface area contributed by atoms with Gasteiger partial charge in [0.1, 0.15) is 5.82 Å². The number of benzene rings is 1. The summed E-state index contributed by atoms with van der Waals surface area (Å²) in [7, 11) is 1.91. The predicted octanol–water partition coefficient (Wildman–Crippen LogP) is 1.90. The zero-order valence-electron chi connectivity index (χ0n) is 10.2. The second-order valence-electron chi connectivity index (χ2n) is 4.29. The van der Waals surface area contributed by atoms with E-state index in [0.29, 0.717) is 18.5 Å². The molecule has 1 unspecified atom stereocenters. The van der Waals surface area contributed by atoms with Crippen LogP contribution in [0.3, 0.4) is 0 Å². The van der Waals surface area contributed by atoms with Gasteiger partial charge in [0.2, 0.25) is 0 Å². The summed E-state index contributed by atoms with van der Waals surface area (Å²) in [5.41, 5.74) is 1.18. The highest BCUT2D eigenvalue weighted by molar-refractivity contribution is 5.37. The van der Waals surface area contributed by atoms with Gasteiger partial charge in [-0.3, -0.25) is 0 Å². The van der Waals surface area contributed by atoms with E-state index in [4.69, 9.17) is 5.26 Å². The van der Waals surface area contributed by atoms with Crippen LogP contribution >= 0.6 is 0 Å². The lowest BCUT2D eigenvalue weighted by Gasteiger charge is -2.18. The Balaban J connectivity index is 2.65. The molecule has 1 atom stereocenters. The third kappa shape index (κ3) is 4.51. The largest absolute Gasteiger partial charge is 0.393 e. The summed E-state index contributed by atoms with van der Waals surface area (Å²) in [4.78, 5) is 2.00. The maximum atomic E-state index is 12.9. The molecule has 4 heteroatoms. The van der Waals surface area contributed by atoms with Gasteiger partial charge in [-0.1, -0.05) is 6.07 Å². The van der Waals surface area contributed by atoms with Crippen LogP contribution in [0.15, 0.2) is 18.2 Å². The molecular formula is C13H17FN2O. The first-order valence-electron chi connectivity index (χ1n) is 5.58. The van der Waals surface area contributed by atoms with Crippen molar-refractivity contribution in [3.8, 4) is 6.07 Å². The van der Waals surface area contributed by atoms with E-state index in [0.717, 1.165) is 12.1 Å². The minimum atomic E-state index is -0.392. The van der Waals surface area contributed by atoms with Gasteiger partial charge in [0.25, 0.3) is 0 Å². The van der Waals surface area contributed by atoms with Gasteiger partial charge in [0.15, 0.2) is 0 Å². The number of hydrogen-bond donors (Lipinski definition) is 1. The molecular weight excluding hydrogens is 219 g/mol. The molecule has 0 aromatic heterocycles. The molecule has 1 N–H and O–H groups in total. The molecule has 0 heterocycles. The van der Waals surface area contributed by atoms with Gasteiger partial charge >= 0.3 is 0 Å². The van der Waals surface area contributed by atoms with Crippen molar-refractivity contribution in [1.82, 2.24) is 4.90 Å². The van der Waals surface area contributed by atoms with Gasteiger partial charge < -0.3 is 10.0 Å². The number of hydrogen-bond acceptors (Lipinski definition) is 3. The summed E-state index contributed by atoms with van der Waals surface area (Å²) in [5.74, 6) is -0.392. The van der Waals surface area contributed by atoms with E-state index >= 15 is 0 Å². The van der Waals surface area contributed by atoms with Crippen molar-refractivity contribution < 1.29 is 9.50 Å². The molecule has 0 fully saturated rings. The van der Waals surface area contributed by atoms with Gasteiger partial charge in [-0.25, -0.2) is 4.39 Å². The predicted molar refractivity (Wildman–Crippen MR) is 63.7 cm³/mol. The first-order valence-corrected chi connectivity index (χ1v) is 5.58. The Labute approximate surface area is 101 Å². The summed E-state index contributed by atoms with van der Waals surface area (Å²) in [6, 6.07) is 6.23. The zero-order chi connectivity index (χ0) is 12.8. The monoisotopic (exact) mass is 236 g/mol. The first kappa shape index (κ1) is 13.6. The number of nitrogens with zero attached hydrogens (tertiary/aromatic N) is 2. The quantitative estimate of drug-likeness (QED) is 0.849. The van der Waals surface area contributed by atoms with Crippen LogP contribution in [-0.4, -0.2) is 29.7 Å². The van der Waals surface area contributed by atoms with E-state index in [1.165, 1.54) is 12.1 Å². The smallest absolute Gasteiger partial charge is 0.124 e. The van der Waals surface area contributed by atoms with E-state index < -0.39 is 5.82 Å². The summed E-state index contributed by atoms with van der Waals surface area (Å²) < 4.78 is 12.9. The highest BCUT2D eigenvalue weighted by atomic mass is 19.1. The summed E-state index contributed by atoms with van der Waals surface area (Å²) in [5, 5.41) is 18.1. The van der Waals surface area contributed by atoms with Gasteiger partial charge in [-0.05, 0) is 38.1 Å². The average Bonchev–Trinajstić information content (AvgIpc) is 2.28. The lowest BCUT2D eigenvalue weighted by molar-refractivity contribution is 0.163. The molecule has 0 saturated heterocycles. The van der Waals surface area contributed by atoms with Crippen LogP contribution < -0.4 is 0 Å². The maximum absolute atomic E-state index is 12.9. The second-order valence-corrected chi connectivity index (χ2v) is 4.29. The molecule has 0 aliphatic heterocycles. The molecule has 1 aromatic carbocycles. The zero-order valence-corrected chi connectivity index (χ0v) is 10.2. The molecule has 0 amide bonds. The molecule has 17 heavy (non-hydrogen) atoms. The molecule has 0 radical (unpaired) electrons. The summed E-state index contributed by atoms with van der Waals surface area (Å²) >= 11 is 0. The molecule has 0 saturated carbocycles.